The first kappa shape index (κ1) is 15.7. The van der Waals surface area contributed by atoms with Gasteiger partial charge in [0.25, 0.3) is 0 Å². The Morgan fingerprint density at radius 2 is 1.09 bits per heavy atom. The fourth-order valence-corrected chi connectivity index (χ4v) is 1.73. The van der Waals surface area contributed by atoms with Gasteiger partial charge in [-0.2, -0.15) is 0 Å². The molecule has 116 valence electrons. The smallest absolute Gasteiger partial charge is 0.455 e. The van der Waals surface area contributed by atoms with Crippen molar-refractivity contribution in [1.29, 1.82) is 0 Å². The third-order valence-corrected chi connectivity index (χ3v) is 2.61. The molecule has 0 saturated heterocycles. The summed E-state index contributed by atoms with van der Waals surface area (Å²) >= 11 is 0. The van der Waals surface area contributed by atoms with Gasteiger partial charge in [0.1, 0.15) is 11.5 Å². The van der Waals surface area contributed by atoms with Gasteiger partial charge in [-0.3, -0.25) is 0 Å². The second-order valence-corrected chi connectivity index (χ2v) is 4.48. The maximum absolute atomic E-state index is 11.6. The predicted octanol–water partition coefficient (Wildman–Crippen LogP) is 3.99. The molecule has 0 N–H and O–H groups in total. The molecule has 0 aliphatic heterocycles. The Morgan fingerprint density at radius 3 is 1.45 bits per heavy atom. The lowest BCUT2D eigenvalue weighted by molar-refractivity contribution is -0.0963. The average molecular weight is 302 g/mol. The number of ether oxygens (including phenoxy) is 4. The van der Waals surface area contributed by atoms with E-state index in [1.165, 1.54) is 0 Å². The molecule has 0 aromatic heterocycles. The van der Waals surface area contributed by atoms with E-state index in [2.05, 4.69) is 0 Å². The summed E-state index contributed by atoms with van der Waals surface area (Å²) in [6.45, 7) is 3.22. The van der Waals surface area contributed by atoms with Gasteiger partial charge >= 0.3 is 6.16 Å². The number of hydrogen-bond donors (Lipinski definition) is 0. The Bertz CT molecular complexity index is 519. The molecule has 0 aliphatic carbocycles. The van der Waals surface area contributed by atoms with Gasteiger partial charge in [-0.05, 0) is 24.3 Å². The molecule has 0 fully saturated rings. The van der Waals surface area contributed by atoms with Crippen molar-refractivity contribution >= 4 is 6.16 Å². The maximum Gasteiger partial charge on any atom is 0.514 e. The van der Waals surface area contributed by atoms with E-state index in [1.54, 1.807) is 38.1 Å². The first-order valence-electron chi connectivity index (χ1n) is 6.94. The van der Waals surface area contributed by atoms with E-state index in [-0.39, 0.29) is 0 Å². The fraction of sp³-hybridized carbons (Fsp3) is 0.235. The molecule has 0 bridgehead atoms. The standard InChI is InChI=1S/C17H18O5/c1-13(19-15-9-5-3-6-10-15)21-17(18)22-14(2)20-16-11-7-4-8-12-16/h3-14H,1-2H3. The van der Waals surface area contributed by atoms with Crippen LogP contribution in [0.1, 0.15) is 13.8 Å². The Balaban J connectivity index is 1.75. The molecule has 2 atom stereocenters. The molecular weight excluding hydrogens is 284 g/mol. The summed E-state index contributed by atoms with van der Waals surface area (Å²) in [6.07, 6.45) is -2.38. The molecular formula is C17H18O5. The summed E-state index contributed by atoms with van der Waals surface area (Å²) < 4.78 is 20.8. The molecule has 2 aromatic carbocycles. The third kappa shape index (κ3) is 5.36. The Kier molecular flexibility index (Phi) is 5.65. The van der Waals surface area contributed by atoms with Gasteiger partial charge < -0.3 is 18.9 Å². The van der Waals surface area contributed by atoms with E-state index in [0.717, 1.165) is 0 Å². The van der Waals surface area contributed by atoms with E-state index in [1.807, 2.05) is 36.4 Å². The highest BCUT2D eigenvalue weighted by molar-refractivity contribution is 5.60. The fourth-order valence-electron chi connectivity index (χ4n) is 1.73. The van der Waals surface area contributed by atoms with Crippen LogP contribution in [0.25, 0.3) is 0 Å². The first-order valence-corrected chi connectivity index (χ1v) is 6.94. The topological polar surface area (TPSA) is 54.0 Å². The van der Waals surface area contributed by atoms with Gasteiger partial charge in [0.2, 0.25) is 12.6 Å². The summed E-state index contributed by atoms with van der Waals surface area (Å²) in [6, 6.07) is 18.1. The van der Waals surface area contributed by atoms with Crippen LogP contribution in [0.2, 0.25) is 0 Å². The van der Waals surface area contributed by atoms with Crippen LogP contribution in [0.15, 0.2) is 60.7 Å². The highest BCUT2D eigenvalue weighted by Crippen LogP contribution is 2.13. The zero-order chi connectivity index (χ0) is 15.8. The van der Waals surface area contributed by atoms with Crippen LogP contribution in [0.4, 0.5) is 4.79 Å². The van der Waals surface area contributed by atoms with Crippen LogP contribution < -0.4 is 9.47 Å². The third-order valence-electron chi connectivity index (χ3n) is 2.61. The van der Waals surface area contributed by atoms with Crippen LogP contribution >= 0.6 is 0 Å². The van der Waals surface area contributed by atoms with E-state index < -0.39 is 18.7 Å². The molecule has 0 saturated carbocycles. The first-order chi connectivity index (χ1) is 10.6. The molecule has 0 spiro atoms. The average Bonchev–Trinajstić information content (AvgIpc) is 2.48. The van der Waals surface area contributed by atoms with Crippen molar-refractivity contribution in [2.24, 2.45) is 0 Å². The highest BCUT2D eigenvalue weighted by Gasteiger charge is 2.16. The molecule has 22 heavy (non-hydrogen) atoms. The normalized spacial score (nSPS) is 12.8. The zero-order valence-corrected chi connectivity index (χ0v) is 12.5. The summed E-state index contributed by atoms with van der Waals surface area (Å²) in [5.41, 5.74) is 0. The van der Waals surface area contributed by atoms with Crippen LogP contribution in [-0.4, -0.2) is 18.7 Å². The molecule has 2 aromatic rings. The van der Waals surface area contributed by atoms with E-state index in [9.17, 15) is 4.79 Å². The molecule has 2 rings (SSSR count). The van der Waals surface area contributed by atoms with Crippen molar-refractivity contribution in [3.8, 4) is 11.5 Å². The lowest BCUT2D eigenvalue weighted by Crippen LogP contribution is -2.26. The maximum atomic E-state index is 11.6. The van der Waals surface area contributed by atoms with Gasteiger partial charge in [-0.1, -0.05) is 36.4 Å². The summed E-state index contributed by atoms with van der Waals surface area (Å²) in [5, 5.41) is 0. The minimum absolute atomic E-state index is 0.608. The van der Waals surface area contributed by atoms with Crippen molar-refractivity contribution in [3.63, 3.8) is 0 Å². The predicted molar refractivity (Wildman–Crippen MR) is 80.6 cm³/mol. The quantitative estimate of drug-likeness (QED) is 0.596. The second kappa shape index (κ2) is 7.93. The van der Waals surface area contributed by atoms with Gasteiger partial charge in [-0.25, -0.2) is 4.79 Å². The summed E-state index contributed by atoms with van der Waals surface area (Å²) in [7, 11) is 0. The summed E-state index contributed by atoms with van der Waals surface area (Å²) in [5.74, 6) is 1.22. The lowest BCUT2D eigenvalue weighted by Gasteiger charge is -2.18. The van der Waals surface area contributed by atoms with E-state index in [0.29, 0.717) is 11.5 Å². The zero-order valence-electron chi connectivity index (χ0n) is 12.5. The van der Waals surface area contributed by atoms with Gasteiger partial charge in [0.05, 0.1) is 0 Å². The van der Waals surface area contributed by atoms with Crippen LogP contribution in [0.3, 0.4) is 0 Å². The van der Waals surface area contributed by atoms with E-state index in [4.69, 9.17) is 18.9 Å². The molecule has 0 amide bonds. The SMILES string of the molecule is CC(OC(=O)OC(C)Oc1ccccc1)Oc1ccccc1. The van der Waals surface area contributed by atoms with Crippen molar-refractivity contribution < 1.29 is 23.7 Å². The Labute approximate surface area is 129 Å². The minimum atomic E-state index is -0.855. The van der Waals surface area contributed by atoms with Crippen LogP contribution in [0, 0.1) is 0 Å². The van der Waals surface area contributed by atoms with Gasteiger partial charge in [0.15, 0.2) is 0 Å². The largest absolute Gasteiger partial charge is 0.514 e. The monoisotopic (exact) mass is 302 g/mol. The van der Waals surface area contributed by atoms with Gasteiger partial charge in [-0.15, -0.1) is 0 Å². The van der Waals surface area contributed by atoms with Crippen molar-refractivity contribution in [2.45, 2.75) is 26.4 Å². The van der Waals surface area contributed by atoms with Crippen molar-refractivity contribution in [1.82, 2.24) is 0 Å². The number of carbonyl (C=O) groups is 1. The second-order valence-electron chi connectivity index (χ2n) is 4.48. The Hall–Kier alpha value is -2.69. The molecule has 2 unspecified atom stereocenters. The number of carbonyl (C=O) groups excluding carboxylic acids is 1. The highest BCUT2D eigenvalue weighted by atomic mass is 16.8. The van der Waals surface area contributed by atoms with Crippen molar-refractivity contribution in [2.75, 3.05) is 0 Å². The molecule has 0 radical (unpaired) electrons. The molecule has 0 aliphatic rings. The lowest BCUT2D eigenvalue weighted by atomic mass is 10.3. The van der Waals surface area contributed by atoms with E-state index >= 15 is 0 Å². The molecule has 0 heterocycles. The molecule has 5 heteroatoms. The summed E-state index contributed by atoms with van der Waals surface area (Å²) in [4.78, 5) is 11.6. The van der Waals surface area contributed by atoms with Crippen molar-refractivity contribution in [3.05, 3.63) is 60.7 Å². The minimum Gasteiger partial charge on any atom is -0.455 e. The van der Waals surface area contributed by atoms with Gasteiger partial charge in [0, 0.05) is 13.8 Å². The van der Waals surface area contributed by atoms with Crippen LogP contribution in [0.5, 0.6) is 11.5 Å². The molecule has 5 nitrogen and oxygen atoms in total. The number of hydrogen-bond acceptors (Lipinski definition) is 5. The number of para-hydroxylation sites is 2. The Morgan fingerprint density at radius 1 is 0.727 bits per heavy atom. The number of rotatable bonds is 6. The van der Waals surface area contributed by atoms with Crippen LogP contribution in [-0.2, 0) is 9.47 Å². The number of benzene rings is 2.